The van der Waals surface area contributed by atoms with Gasteiger partial charge in [-0.15, -0.1) is 0 Å². The quantitative estimate of drug-likeness (QED) is 0.415. The molecule has 3 rings (SSSR count). The number of nitrogens with zero attached hydrogens (tertiary/aromatic N) is 2. The number of ether oxygens (including phenoxy) is 3. The van der Waals surface area contributed by atoms with Crippen molar-refractivity contribution in [1.82, 2.24) is 4.98 Å². The van der Waals surface area contributed by atoms with E-state index in [1.807, 2.05) is 0 Å². The fraction of sp³-hybridized carbons (Fsp3) is 0.316. The SMILES string of the molecule is CCOC(=O)C1C(=O)N(c2c(F)c(OC)cc(OC)c2F)Cc2cnc(Cl)cc21. The number of rotatable bonds is 5. The van der Waals surface area contributed by atoms with Gasteiger partial charge in [-0.25, -0.2) is 13.8 Å². The molecule has 0 fully saturated rings. The molecule has 1 aromatic heterocycles. The summed E-state index contributed by atoms with van der Waals surface area (Å²) in [5.41, 5.74) is -0.0193. The maximum Gasteiger partial charge on any atom is 0.323 e. The lowest BCUT2D eigenvalue weighted by molar-refractivity contribution is -0.148. The summed E-state index contributed by atoms with van der Waals surface area (Å²) in [6.45, 7) is 1.36. The van der Waals surface area contributed by atoms with Gasteiger partial charge in [-0.3, -0.25) is 9.59 Å². The van der Waals surface area contributed by atoms with Crippen LogP contribution >= 0.6 is 11.6 Å². The van der Waals surface area contributed by atoms with Gasteiger partial charge in [0.1, 0.15) is 10.8 Å². The van der Waals surface area contributed by atoms with Crippen LogP contribution in [0.5, 0.6) is 11.5 Å². The number of carbonyl (C=O) groups excluding carboxylic acids is 2. The van der Waals surface area contributed by atoms with Crippen LogP contribution in [0.1, 0.15) is 24.0 Å². The number of aromatic nitrogens is 1. The number of hydrogen-bond donors (Lipinski definition) is 0. The number of carbonyl (C=O) groups is 2. The van der Waals surface area contributed by atoms with Crippen LogP contribution in [0.25, 0.3) is 0 Å². The van der Waals surface area contributed by atoms with Crippen molar-refractivity contribution < 1.29 is 32.6 Å². The number of methoxy groups -OCH3 is 2. The van der Waals surface area contributed by atoms with Crippen LogP contribution in [0.4, 0.5) is 14.5 Å². The molecule has 0 saturated heterocycles. The summed E-state index contributed by atoms with van der Waals surface area (Å²) in [5.74, 6) is -6.03. The van der Waals surface area contributed by atoms with Gasteiger partial charge in [0.2, 0.25) is 5.91 Å². The number of pyridine rings is 1. The zero-order valence-electron chi connectivity index (χ0n) is 15.8. The van der Waals surface area contributed by atoms with Crippen molar-refractivity contribution in [3.8, 4) is 11.5 Å². The van der Waals surface area contributed by atoms with E-state index in [-0.39, 0.29) is 35.4 Å². The maximum absolute atomic E-state index is 15.0. The number of benzene rings is 1. The molecular formula is C19H17ClF2N2O5. The molecule has 1 atom stereocenters. The van der Waals surface area contributed by atoms with Crippen molar-refractivity contribution in [2.75, 3.05) is 25.7 Å². The Hall–Kier alpha value is -2.94. The lowest BCUT2D eigenvalue weighted by Crippen LogP contribution is -2.44. The standard InChI is InChI=1S/C19H17ClF2N2O5/c1-4-29-19(26)14-10-5-13(20)23-7-9(10)8-24(18(14)25)17-15(21)11(27-2)6-12(28-3)16(17)22/h5-7,14H,4,8H2,1-3H3. The largest absolute Gasteiger partial charge is 0.493 e. The van der Waals surface area contributed by atoms with E-state index < -0.39 is 35.1 Å². The molecule has 1 aliphatic rings. The lowest BCUT2D eigenvalue weighted by Gasteiger charge is -2.33. The van der Waals surface area contributed by atoms with Gasteiger partial charge in [-0.05, 0) is 24.1 Å². The Morgan fingerprint density at radius 1 is 1.24 bits per heavy atom. The molecule has 1 aliphatic heterocycles. The molecule has 0 aliphatic carbocycles. The van der Waals surface area contributed by atoms with E-state index in [1.54, 1.807) is 6.92 Å². The fourth-order valence-electron chi connectivity index (χ4n) is 3.16. The minimum atomic E-state index is -1.45. The van der Waals surface area contributed by atoms with E-state index in [4.69, 9.17) is 25.8 Å². The van der Waals surface area contributed by atoms with Gasteiger partial charge in [0.15, 0.2) is 29.1 Å². The number of amides is 1. The van der Waals surface area contributed by atoms with Crippen molar-refractivity contribution in [3.05, 3.63) is 46.2 Å². The molecule has 0 bridgehead atoms. The van der Waals surface area contributed by atoms with Crippen LogP contribution in [0.3, 0.4) is 0 Å². The van der Waals surface area contributed by atoms with Crippen molar-refractivity contribution in [3.63, 3.8) is 0 Å². The number of halogens is 3. The molecule has 0 N–H and O–H groups in total. The van der Waals surface area contributed by atoms with Gasteiger partial charge in [0.05, 0.1) is 27.4 Å². The van der Waals surface area contributed by atoms with Crippen LogP contribution in [-0.4, -0.2) is 37.7 Å². The maximum atomic E-state index is 15.0. The van der Waals surface area contributed by atoms with Gasteiger partial charge in [0, 0.05) is 12.3 Å². The van der Waals surface area contributed by atoms with Gasteiger partial charge >= 0.3 is 5.97 Å². The van der Waals surface area contributed by atoms with E-state index in [2.05, 4.69) is 4.98 Å². The van der Waals surface area contributed by atoms with Crippen LogP contribution in [0.2, 0.25) is 5.15 Å². The highest BCUT2D eigenvalue weighted by Crippen LogP contribution is 2.41. The summed E-state index contributed by atoms with van der Waals surface area (Å²) >= 11 is 5.91. The first-order valence-electron chi connectivity index (χ1n) is 8.56. The van der Waals surface area contributed by atoms with Crippen molar-refractivity contribution >= 4 is 29.2 Å². The Kier molecular flexibility index (Phi) is 5.88. The summed E-state index contributed by atoms with van der Waals surface area (Å²) in [6, 6.07) is 2.40. The smallest absolute Gasteiger partial charge is 0.323 e. The lowest BCUT2D eigenvalue weighted by atomic mass is 9.89. The molecule has 0 radical (unpaired) electrons. The first kappa shape index (κ1) is 20.8. The molecule has 1 amide bonds. The molecule has 7 nitrogen and oxygen atoms in total. The summed E-state index contributed by atoms with van der Waals surface area (Å²) in [4.78, 5) is 30.4. The third-order valence-corrected chi connectivity index (χ3v) is 4.69. The first-order valence-corrected chi connectivity index (χ1v) is 8.94. The molecule has 2 aromatic rings. The van der Waals surface area contributed by atoms with Crippen LogP contribution < -0.4 is 14.4 Å². The average Bonchev–Trinajstić information content (AvgIpc) is 2.69. The fourth-order valence-corrected chi connectivity index (χ4v) is 3.33. The predicted molar refractivity (Wildman–Crippen MR) is 99.3 cm³/mol. The second kappa shape index (κ2) is 8.20. The molecule has 2 heterocycles. The van der Waals surface area contributed by atoms with Crippen molar-refractivity contribution in [2.45, 2.75) is 19.4 Å². The van der Waals surface area contributed by atoms with Gasteiger partial charge < -0.3 is 19.1 Å². The van der Waals surface area contributed by atoms with E-state index in [1.165, 1.54) is 26.5 Å². The summed E-state index contributed by atoms with van der Waals surface area (Å²) < 4.78 is 44.8. The highest BCUT2D eigenvalue weighted by Gasteiger charge is 2.42. The monoisotopic (exact) mass is 426 g/mol. The molecule has 1 aromatic carbocycles. The number of fused-ring (bicyclic) bond motifs is 1. The number of hydrogen-bond acceptors (Lipinski definition) is 6. The second-order valence-corrected chi connectivity index (χ2v) is 6.46. The molecule has 154 valence electrons. The molecule has 10 heteroatoms. The Morgan fingerprint density at radius 3 is 2.41 bits per heavy atom. The first-order chi connectivity index (χ1) is 13.8. The zero-order valence-corrected chi connectivity index (χ0v) is 16.5. The predicted octanol–water partition coefficient (Wildman–Crippen LogP) is 3.22. The molecule has 0 spiro atoms. The van der Waals surface area contributed by atoms with Gasteiger partial charge in [-0.1, -0.05) is 11.6 Å². The van der Waals surface area contributed by atoms with Crippen molar-refractivity contribution in [2.24, 2.45) is 0 Å². The van der Waals surface area contributed by atoms with E-state index in [9.17, 15) is 18.4 Å². The third-order valence-electron chi connectivity index (χ3n) is 4.48. The Balaban J connectivity index is 2.21. The Labute approximate surface area is 170 Å². The van der Waals surface area contributed by atoms with Gasteiger partial charge in [0.25, 0.3) is 0 Å². The van der Waals surface area contributed by atoms with E-state index in [0.717, 1.165) is 11.0 Å². The van der Waals surface area contributed by atoms with Crippen LogP contribution in [-0.2, 0) is 20.9 Å². The number of anilines is 1. The highest BCUT2D eigenvalue weighted by molar-refractivity contribution is 6.29. The summed E-state index contributed by atoms with van der Waals surface area (Å²) in [6.07, 6.45) is 1.34. The summed E-state index contributed by atoms with van der Waals surface area (Å²) in [7, 11) is 2.39. The Morgan fingerprint density at radius 2 is 1.86 bits per heavy atom. The van der Waals surface area contributed by atoms with E-state index >= 15 is 0 Å². The van der Waals surface area contributed by atoms with Crippen molar-refractivity contribution in [1.29, 1.82) is 0 Å². The summed E-state index contributed by atoms with van der Waals surface area (Å²) in [5, 5.41) is 0.0692. The van der Waals surface area contributed by atoms with Gasteiger partial charge in [-0.2, -0.15) is 0 Å². The average molecular weight is 427 g/mol. The second-order valence-electron chi connectivity index (χ2n) is 6.07. The number of esters is 1. The molecule has 1 unspecified atom stereocenters. The third kappa shape index (κ3) is 3.57. The minimum absolute atomic E-state index is 0.0203. The van der Waals surface area contributed by atoms with Crippen LogP contribution in [0.15, 0.2) is 18.3 Å². The molecule has 29 heavy (non-hydrogen) atoms. The van der Waals surface area contributed by atoms with Crippen LogP contribution in [0, 0.1) is 11.6 Å². The molecular weight excluding hydrogens is 410 g/mol. The zero-order chi connectivity index (χ0) is 21.3. The molecule has 0 saturated carbocycles. The van der Waals surface area contributed by atoms with E-state index in [0.29, 0.717) is 5.56 Å². The highest BCUT2D eigenvalue weighted by atomic mass is 35.5. The Bertz CT molecular complexity index is 957. The minimum Gasteiger partial charge on any atom is -0.493 e. The topological polar surface area (TPSA) is 78.0 Å². The normalized spacial score (nSPS) is 15.7.